The van der Waals surface area contributed by atoms with Gasteiger partial charge >= 0.3 is 0 Å². The third-order valence-corrected chi connectivity index (χ3v) is 6.06. The summed E-state index contributed by atoms with van der Waals surface area (Å²) in [5.74, 6) is -2.54. The van der Waals surface area contributed by atoms with E-state index in [1.165, 1.54) is 17.0 Å². The molecule has 1 saturated heterocycles. The number of amides is 1. The maximum absolute atomic E-state index is 15.0. The molecule has 162 valence electrons. The Labute approximate surface area is 190 Å². The number of ketones is 1. The molecule has 4 nitrogen and oxygen atoms in total. The number of hydrogen-bond acceptors (Lipinski definition) is 3. The van der Waals surface area contributed by atoms with Gasteiger partial charge in [-0.25, -0.2) is 4.39 Å². The Hall–Kier alpha value is -4.25. The van der Waals surface area contributed by atoms with Crippen molar-refractivity contribution in [2.45, 2.75) is 13.0 Å². The van der Waals surface area contributed by atoms with E-state index in [9.17, 15) is 14.7 Å². The summed E-state index contributed by atoms with van der Waals surface area (Å²) in [6.45, 7) is 1.82. The van der Waals surface area contributed by atoms with Gasteiger partial charge in [0.2, 0.25) is 0 Å². The van der Waals surface area contributed by atoms with Crippen molar-refractivity contribution in [3.63, 3.8) is 0 Å². The summed E-state index contributed by atoms with van der Waals surface area (Å²) in [6, 6.07) is 24.8. The van der Waals surface area contributed by atoms with Crippen LogP contribution in [0.15, 0.2) is 96.6 Å². The molecule has 0 radical (unpaired) electrons. The summed E-state index contributed by atoms with van der Waals surface area (Å²) in [5.41, 5.74) is 1.67. The van der Waals surface area contributed by atoms with Gasteiger partial charge in [0.1, 0.15) is 11.6 Å². The number of carbonyl (C=O) groups excluding carboxylic acids is 2. The van der Waals surface area contributed by atoms with Crippen LogP contribution in [-0.4, -0.2) is 16.8 Å². The predicted octanol–water partition coefficient (Wildman–Crippen LogP) is 5.91. The lowest BCUT2D eigenvalue weighted by molar-refractivity contribution is -0.132. The first-order chi connectivity index (χ1) is 16.0. The van der Waals surface area contributed by atoms with Crippen LogP contribution < -0.4 is 4.90 Å². The van der Waals surface area contributed by atoms with Crippen LogP contribution in [-0.2, 0) is 9.59 Å². The van der Waals surface area contributed by atoms with Crippen LogP contribution in [0.5, 0.6) is 0 Å². The molecular weight excluding hydrogens is 417 g/mol. The van der Waals surface area contributed by atoms with E-state index in [1.807, 2.05) is 49.4 Å². The highest BCUT2D eigenvalue weighted by Gasteiger charge is 2.48. The summed E-state index contributed by atoms with van der Waals surface area (Å²) < 4.78 is 15.0. The summed E-state index contributed by atoms with van der Waals surface area (Å²) in [6.07, 6.45) is 0. The Bertz CT molecular complexity index is 1450. The number of carbonyl (C=O) groups is 2. The minimum Gasteiger partial charge on any atom is -0.507 e. The van der Waals surface area contributed by atoms with Crippen LogP contribution in [0.4, 0.5) is 10.1 Å². The van der Waals surface area contributed by atoms with Crippen LogP contribution in [0.3, 0.4) is 0 Å². The Morgan fingerprint density at radius 2 is 1.52 bits per heavy atom. The topological polar surface area (TPSA) is 57.6 Å². The minimum absolute atomic E-state index is 0.135. The van der Waals surface area contributed by atoms with Crippen molar-refractivity contribution in [2.24, 2.45) is 0 Å². The van der Waals surface area contributed by atoms with Crippen LogP contribution >= 0.6 is 0 Å². The number of nitrogens with zero attached hydrogens (tertiary/aromatic N) is 1. The molecule has 1 amide bonds. The lowest BCUT2D eigenvalue weighted by Crippen LogP contribution is -2.30. The maximum Gasteiger partial charge on any atom is 0.300 e. The molecular formula is C28H20FNO3. The van der Waals surface area contributed by atoms with Crippen LogP contribution in [0.2, 0.25) is 0 Å². The molecule has 0 aliphatic carbocycles. The van der Waals surface area contributed by atoms with Crippen LogP contribution in [0.1, 0.15) is 22.7 Å². The maximum atomic E-state index is 15.0. The lowest BCUT2D eigenvalue weighted by Gasteiger charge is -2.27. The molecule has 33 heavy (non-hydrogen) atoms. The van der Waals surface area contributed by atoms with E-state index in [-0.39, 0.29) is 16.9 Å². The van der Waals surface area contributed by atoms with Gasteiger partial charge in [0.25, 0.3) is 11.7 Å². The first-order valence-corrected chi connectivity index (χ1v) is 10.6. The lowest BCUT2D eigenvalue weighted by atomic mass is 9.93. The van der Waals surface area contributed by atoms with Crippen LogP contribution in [0, 0.1) is 12.7 Å². The largest absolute Gasteiger partial charge is 0.507 e. The predicted molar refractivity (Wildman–Crippen MR) is 126 cm³/mol. The highest BCUT2D eigenvalue weighted by molar-refractivity contribution is 6.52. The first kappa shape index (κ1) is 20.6. The van der Waals surface area contributed by atoms with E-state index in [0.717, 1.165) is 16.3 Å². The smallest absolute Gasteiger partial charge is 0.300 e. The van der Waals surface area contributed by atoms with Crippen molar-refractivity contribution in [3.8, 4) is 0 Å². The van der Waals surface area contributed by atoms with Crippen molar-refractivity contribution in [1.29, 1.82) is 0 Å². The fourth-order valence-corrected chi connectivity index (χ4v) is 4.48. The molecule has 1 unspecified atom stereocenters. The number of benzene rings is 4. The zero-order chi connectivity index (χ0) is 23.1. The number of aryl methyl sites for hydroxylation is 1. The SMILES string of the molecule is Cc1ccccc1N1C(=O)C(=O)/C(=C(/O)c2cccc3ccccc23)C1c1ccccc1F. The number of hydrogen-bond donors (Lipinski definition) is 1. The summed E-state index contributed by atoms with van der Waals surface area (Å²) in [4.78, 5) is 27.9. The summed E-state index contributed by atoms with van der Waals surface area (Å²) in [5, 5.41) is 13.0. The summed E-state index contributed by atoms with van der Waals surface area (Å²) >= 11 is 0. The van der Waals surface area contributed by atoms with Gasteiger partial charge in [-0.2, -0.15) is 0 Å². The molecule has 1 atom stereocenters. The zero-order valence-electron chi connectivity index (χ0n) is 17.8. The van der Waals surface area contributed by atoms with E-state index in [0.29, 0.717) is 11.3 Å². The Morgan fingerprint density at radius 3 is 2.30 bits per heavy atom. The van der Waals surface area contributed by atoms with E-state index in [2.05, 4.69) is 0 Å². The molecule has 4 aromatic rings. The molecule has 1 N–H and O–H groups in total. The fourth-order valence-electron chi connectivity index (χ4n) is 4.48. The zero-order valence-corrected chi connectivity index (χ0v) is 17.8. The van der Waals surface area contributed by atoms with Gasteiger partial charge in [0.05, 0.1) is 11.6 Å². The van der Waals surface area contributed by atoms with E-state index in [4.69, 9.17) is 0 Å². The van der Waals surface area contributed by atoms with Crippen molar-refractivity contribution < 1.29 is 19.1 Å². The number of halogens is 1. The number of aliphatic hydroxyl groups is 1. The van der Waals surface area contributed by atoms with Crippen molar-refractivity contribution in [1.82, 2.24) is 0 Å². The number of aliphatic hydroxyl groups excluding tert-OH is 1. The first-order valence-electron chi connectivity index (χ1n) is 10.6. The van der Waals surface area contributed by atoms with E-state index in [1.54, 1.807) is 36.4 Å². The molecule has 4 aromatic carbocycles. The number of Topliss-reactive ketones (excluding diaryl/α,β-unsaturated/α-hetero) is 1. The molecule has 1 fully saturated rings. The van der Waals surface area contributed by atoms with Crippen molar-refractivity contribution in [3.05, 3.63) is 119 Å². The van der Waals surface area contributed by atoms with Crippen LogP contribution in [0.25, 0.3) is 16.5 Å². The molecule has 0 aromatic heterocycles. The Kier molecular flexibility index (Phi) is 5.02. The monoisotopic (exact) mass is 437 g/mol. The second-order valence-corrected chi connectivity index (χ2v) is 8.00. The van der Waals surface area contributed by atoms with E-state index < -0.39 is 23.5 Å². The van der Waals surface area contributed by atoms with Gasteiger partial charge in [0.15, 0.2) is 0 Å². The third kappa shape index (κ3) is 3.29. The fraction of sp³-hybridized carbons (Fsp3) is 0.0714. The highest BCUT2D eigenvalue weighted by Crippen LogP contribution is 2.44. The van der Waals surface area contributed by atoms with Gasteiger partial charge in [-0.1, -0.05) is 78.9 Å². The van der Waals surface area contributed by atoms with Gasteiger partial charge in [-0.05, 0) is 35.4 Å². The molecule has 0 bridgehead atoms. The number of anilines is 1. The van der Waals surface area contributed by atoms with Gasteiger partial charge in [-0.15, -0.1) is 0 Å². The second-order valence-electron chi connectivity index (χ2n) is 8.00. The summed E-state index contributed by atoms with van der Waals surface area (Å²) in [7, 11) is 0. The molecule has 5 heteroatoms. The van der Waals surface area contributed by atoms with Gasteiger partial charge in [0, 0.05) is 16.8 Å². The Balaban J connectivity index is 1.82. The van der Waals surface area contributed by atoms with Gasteiger partial charge in [-0.3, -0.25) is 14.5 Å². The van der Waals surface area contributed by atoms with Gasteiger partial charge < -0.3 is 5.11 Å². The minimum atomic E-state index is -1.11. The average molecular weight is 437 g/mol. The highest BCUT2D eigenvalue weighted by atomic mass is 19.1. The number of fused-ring (bicyclic) bond motifs is 1. The quantitative estimate of drug-likeness (QED) is 0.246. The molecule has 1 heterocycles. The second kappa shape index (κ2) is 8.02. The number of para-hydroxylation sites is 1. The normalized spacial score (nSPS) is 17.6. The molecule has 0 spiro atoms. The molecule has 5 rings (SSSR count). The van der Waals surface area contributed by atoms with Crippen molar-refractivity contribution >= 4 is 33.9 Å². The molecule has 1 aliphatic heterocycles. The third-order valence-electron chi connectivity index (χ3n) is 6.06. The number of rotatable bonds is 3. The molecule has 0 saturated carbocycles. The standard InChI is InChI=1S/C28H20FNO3/c1-17-9-2-7-16-23(17)30-25(21-13-5-6-15-22(21)29)24(27(32)28(30)33)26(31)20-14-8-11-18-10-3-4-12-19(18)20/h2-16,25,31H,1H3/b26-24+. The van der Waals surface area contributed by atoms with Crippen molar-refractivity contribution in [2.75, 3.05) is 4.90 Å². The average Bonchev–Trinajstić information content (AvgIpc) is 3.09. The Morgan fingerprint density at radius 1 is 0.848 bits per heavy atom. The van der Waals surface area contributed by atoms with E-state index >= 15 is 4.39 Å². The molecule has 1 aliphatic rings.